The molecule has 3 aromatic heterocycles. The Bertz CT molecular complexity index is 1140. The third-order valence-electron chi connectivity index (χ3n) is 4.43. The average Bonchev–Trinajstić information content (AvgIpc) is 3.10. The number of aromatic nitrogens is 3. The minimum absolute atomic E-state index is 0.134. The van der Waals surface area contributed by atoms with Crippen molar-refractivity contribution in [3.63, 3.8) is 0 Å². The molecule has 0 aliphatic carbocycles. The number of nitrogens with zero attached hydrogens (tertiary/aromatic N) is 3. The predicted molar refractivity (Wildman–Crippen MR) is 107 cm³/mol. The Morgan fingerprint density at radius 2 is 2.00 bits per heavy atom. The van der Waals surface area contributed by atoms with E-state index in [4.69, 9.17) is 0 Å². The van der Waals surface area contributed by atoms with Crippen LogP contribution in [0.25, 0.3) is 22.6 Å². The van der Waals surface area contributed by atoms with Crippen molar-refractivity contribution in [2.45, 2.75) is 13.3 Å². The Balaban J connectivity index is 1.34. The fourth-order valence-electron chi connectivity index (χ4n) is 3.03. The summed E-state index contributed by atoms with van der Waals surface area (Å²) >= 11 is 0. The van der Waals surface area contributed by atoms with Gasteiger partial charge in [0.25, 0.3) is 0 Å². The Kier molecular flexibility index (Phi) is 4.66. The summed E-state index contributed by atoms with van der Waals surface area (Å²) in [5, 5.41) is 3.98. The maximum Gasteiger partial charge on any atom is 0.244 e. The maximum absolute atomic E-state index is 12.0. The SMILES string of the molecule is Cc1cccn2cc(CCNC(=O)/C=C/c3ccc4ccccc4n3)nc12. The van der Waals surface area contributed by atoms with Gasteiger partial charge in [-0.25, -0.2) is 9.97 Å². The molecule has 0 fully saturated rings. The number of aryl methyl sites for hydroxylation is 1. The summed E-state index contributed by atoms with van der Waals surface area (Å²) in [6.07, 6.45) is 7.93. The van der Waals surface area contributed by atoms with E-state index in [0.29, 0.717) is 13.0 Å². The van der Waals surface area contributed by atoms with Gasteiger partial charge in [0, 0.05) is 36.8 Å². The van der Waals surface area contributed by atoms with Gasteiger partial charge in [0.2, 0.25) is 5.91 Å². The third kappa shape index (κ3) is 3.87. The van der Waals surface area contributed by atoms with E-state index in [1.54, 1.807) is 6.08 Å². The number of rotatable bonds is 5. The zero-order valence-electron chi connectivity index (χ0n) is 15.1. The lowest BCUT2D eigenvalue weighted by Gasteiger charge is -2.00. The molecule has 0 radical (unpaired) electrons. The molecule has 0 saturated carbocycles. The van der Waals surface area contributed by atoms with Gasteiger partial charge in [-0.1, -0.05) is 30.3 Å². The molecule has 0 atom stereocenters. The minimum atomic E-state index is -0.134. The highest BCUT2D eigenvalue weighted by molar-refractivity contribution is 5.91. The number of nitrogens with one attached hydrogen (secondary N) is 1. The zero-order valence-corrected chi connectivity index (χ0v) is 15.1. The van der Waals surface area contributed by atoms with Gasteiger partial charge in [0.1, 0.15) is 5.65 Å². The standard InChI is InChI=1S/C22H20N4O/c1-16-5-4-14-26-15-19(25-22(16)26)12-13-23-21(27)11-10-18-9-8-17-6-2-3-7-20(17)24-18/h2-11,14-15H,12-13H2,1H3,(H,23,27)/b11-10+. The Labute approximate surface area is 157 Å². The van der Waals surface area contributed by atoms with Crippen molar-refractivity contribution in [1.82, 2.24) is 19.7 Å². The molecule has 1 aromatic carbocycles. The molecule has 1 N–H and O–H groups in total. The van der Waals surface area contributed by atoms with Crippen LogP contribution in [0.2, 0.25) is 0 Å². The number of fused-ring (bicyclic) bond motifs is 2. The fourth-order valence-corrected chi connectivity index (χ4v) is 3.03. The van der Waals surface area contributed by atoms with E-state index in [2.05, 4.69) is 15.3 Å². The van der Waals surface area contributed by atoms with Gasteiger partial charge in [-0.15, -0.1) is 0 Å². The summed E-state index contributed by atoms with van der Waals surface area (Å²) in [6.45, 7) is 2.58. The van der Waals surface area contributed by atoms with E-state index in [1.165, 1.54) is 6.08 Å². The second-order valence-electron chi connectivity index (χ2n) is 6.46. The van der Waals surface area contributed by atoms with E-state index >= 15 is 0 Å². The Morgan fingerprint density at radius 1 is 1.11 bits per heavy atom. The van der Waals surface area contributed by atoms with Gasteiger partial charge < -0.3 is 9.72 Å². The Morgan fingerprint density at radius 3 is 2.89 bits per heavy atom. The van der Waals surface area contributed by atoms with Crippen LogP contribution < -0.4 is 5.32 Å². The number of hydrogen-bond acceptors (Lipinski definition) is 3. The average molecular weight is 356 g/mol. The molecule has 0 aliphatic heterocycles. The van der Waals surface area contributed by atoms with Crippen LogP contribution in [0.15, 0.2) is 67.0 Å². The molecule has 27 heavy (non-hydrogen) atoms. The van der Waals surface area contributed by atoms with Crippen LogP contribution in [0.5, 0.6) is 0 Å². The molecule has 134 valence electrons. The topological polar surface area (TPSA) is 59.3 Å². The highest BCUT2D eigenvalue weighted by atomic mass is 16.1. The van der Waals surface area contributed by atoms with Crippen LogP contribution in [-0.4, -0.2) is 26.8 Å². The van der Waals surface area contributed by atoms with Gasteiger partial charge in [-0.2, -0.15) is 0 Å². The molecular formula is C22H20N4O. The van der Waals surface area contributed by atoms with E-state index in [-0.39, 0.29) is 5.91 Å². The van der Waals surface area contributed by atoms with Gasteiger partial charge in [-0.05, 0) is 36.8 Å². The number of pyridine rings is 2. The van der Waals surface area contributed by atoms with Gasteiger partial charge in [0.05, 0.1) is 16.9 Å². The smallest absolute Gasteiger partial charge is 0.244 e. The van der Waals surface area contributed by atoms with Crippen LogP contribution in [0.3, 0.4) is 0 Å². The lowest BCUT2D eigenvalue weighted by Crippen LogP contribution is -2.23. The molecule has 5 heteroatoms. The largest absolute Gasteiger partial charge is 0.352 e. The number of benzene rings is 1. The molecule has 4 aromatic rings. The van der Waals surface area contributed by atoms with Crippen LogP contribution in [0, 0.1) is 6.92 Å². The van der Waals surface area contributed by atoms with Crippen molar-refractivity contribution in [2.24, 2.45) is 0 Å². The van der Waals surface area contributed by atoms with E-state index < -0.39 is 0 Å². The number of amides is 1. The second kappa shape index (κ2) is 7.41. The number of para-hydroxylation sites is 1. The van der Waals surface area contributed by atoms with Crippen LogP contribution in [0.1, 0.15) is 17.0 Å². The third-order valence-corrected chi connectivity index (χ3v) is 4.43. The van der Waals surface area contributed by atoms with Crippen LogP contribution >= 0.6 is 0 Å². The highest BCUT2D eigenvalue weighted by Crippen LogP contribution is 2.12. The zero-order chi connectivity index (χ0) is 18.6. The van der Waals surface area contributed by atoms with Gasteiger partial charge in [-0.3, -0.25) is 4.79 Å². The number of imidazole rings is 1. The summed E-state index contributed by atoms with van der Waals surface area (Å²) < 4.78 is 2.01. The first kappa shape index (κ1) is 17.0. The molecule has 3 heterocycles. The first-order chi connectivity index (χ1) is 13.2. The van der Waals surface area contributed by atoms with Crippen LogP contribution in [-0.2, 0) is 11.2 Å². The second-order valence-corrected chi connectivity index (χ2v) is 6.46. The minimum Gasteiger partial charge on any atom is -0.352 e. The highest BCUT2D eigenvalue weighted by Gasteiger charge is 2.04. The van der Waals surface area contributed by atoms with E-state index in [1.807, 2.05) is 72.2 Å². The van der Waals surface area contributed by atoms with Gasteiger partial charge >= 0.3 is 0 Å². The lowest BCUT2D eigenvalue weighted by molar-refractivity contribution is -0.116. The molecule has 5 nitrogen and oxygen atoms in total. The van der Waals surface area contributed by atoms with Crippen molar-refractivity contribution in [3.8, 4) is 0 Å². The molecule has 1 amide bonds. The van der Waals surface area contributed by atoms with Crippen molar-refractivity contribution in [2.75, 3.05) is 6.54 Å². The molecule has 4 rings (SSSR count). The molecule has 0 unspecified atom stereocenters. The molecule has 0 saturated heterocycles. The van der Waals surface area contributed by atoms with Crippen molar-refractivity contribution < 1.29 is 4.79 Å². The quantitative estimate of drug-likeness (QED) is 0.556. The summed E-state index contributed by atoms with van der Waals surface area (Å²) in [6, 6.07) is 15.9. The van der Waals surface area contributed by atoms with E-state index in [9.17, 15) is 4.79 Å². The number of carbonyl (C=O) groups excluding carboxylic acids is 1. The van der Waals surface area contributed by atoms with E-state index in [0.717, 1.165) is 33.5 Å². The normalized spacial score (nSPS) is 11.4. The Hall–Kier alpha value is -3.47. The first-order valence-corrected chi connectivity index (χ1v) is 8.94. The van der Waals surface area contributed by atoms with Gasteiger partial charge in [0.15, 0.2) is 0 Å². The molecular weight excluding hydrogens is 336 g/mol. The maximum atomic E-state index is 12.0. The summed E-state index contributed by atoms with van der Waals surface area (Å²) in [4.78, 5) is 21.2. The molecule has 0 aliphatic rings. The summed E-state index contributed by atoms with van der Waals surface area (Å²) in [7, 11) is 0. The van der Waals surface area contributed by atoms with Crippen molar-refractivity contribution in [1.29, 1.82) is 0 Å². The van der Waals surface area contributed by atoms with Crippen molar-refractivity contribution in [3.05, 3.63) is 84.0 Å². The number of hydrogen-bond donors (Lipinski definition) is 1. The first-order valence-electron chi connectivity index (χ1n) is 8.94. The lowest BCUT2D eigenvalue weighted by atomic mass is 10.2. The fraction of sp³-hybridized carbons (Fsp3) is 0.136. The monoisotopic (exact) mass is 356 g/mol. The van der Waals surface area contributed by atoms with Crippen molar-refractivity contribution >= 4 is 28.5 Å². The number of carbonyl (C=O) groups is 1. The van der Waals surface area contributed by atoms with Crippen LogP contribution in [0.4, 0.5) is 0 Å². The predicted octanol–water partition coefficient (Wildman–Crippen LogP) is 3.56. The molecule has 0 spiro atoms. The molecule has 0 bridgehead atoms. The summed E-state index contributed by atoms with van der Waals surface area (Å²) in [5.41, 5.74) is 4.74. The summed E-state index contributed by atoms with van der Waals surface area (Å²) in [5.74, 6) is -0.134.